The molecule has 158 valence electrons. The fourth-order valence-corrected chi connectivity index (χ4v) is 2.53. The molecule has 2 rings (SSSR count). The summed E-state index contributed by atoms with van der Waals surface area (Å²) in [4.78, 5) is 35.2. The fourth-order valence-electron chi connectivity index (χ4n) is 2.53. The van der Waals surface area contributed by atoms with E-state index in [0.717, 1.165) is 24.3 Å². The second-order valence-electron chi connectivity index (χ2n) is 6.31. The summed E-state index contributed by atoms with van der Waals surface area (Å²) in [7, 11) is 0. The second-order valence-corrected chi connectivity index (χ2v) is 6.31. The highest BCUT2D eigenvalue weighted by atomic mass is 16.6. The Labute approximate surface area is 169 Å². The van der Waals surface area contributed by atoms with Crippen LogP contribution in [0.15, 0.2) is 48.5 Å². The Kier molecular flexibility index (Phi) is 6.65. The van der Waals surface area contributed by atoms with Gasteiger partial charge in [0.05, 0.1) is 0 Å². The summed E-state index contributed by atoms with van der Waals surface area (Å²) in [6.07, 6.45) is -1.26. The maximum atomic E-state index is 12.0. The predicted molar refractivity (Wildman–Crippen MR) is 101 cm³/mol. The van der Waals surface area contributed by atoms with Gasteiger partial charge in [-0.2, -0.15) is 0 Å². The largest absolute Gasteiger partial charge is 0.508 e. The summed E-state index contributed by atoms with van der Waals surface area (Å²) < 4.78 is 4.69. The lowest BCUT2D eigenvalue weighted by Crippen LogP contribution is -2.56. The minimum Gasteiger partial charge on any atom is -0.508 e. The number of carbonyl (C=O) groups excluding carboxylic acids is 1. The van der Waals surface area contributed by atoms with Gasteiger partial charge in [0.25, 0.3) is 0 Å². The molecule has 0 bridgehead atoms. The van der Waals surface area contributed by atoms with E-state index in [0.29, 0.717) is 5.56 Å². The first-order valence-electron chi connectivity index (χ1n) is 8.40. The summed E-state index contributed by atoms with van der Waals surface area (Å²) in [5.74, 6) is -6.23. The van der Waals surface area contributed by atoms with Crippen molar-refractivity contribution in [1.82, 2.24) is 0 Å². The third-order valence-corrected chi connectivity index (χ3v) is 4.08. The predicted octanol–water partition coefficient (Wildman–Crippen LogP) is 0.871. The first-order valence-corrected chi connectivity index (χ1v) is 8.40. The molecule has 0 aliphatic carbocycles. The zero-order valence-corrected chi connectivity index (χ0v) is 15.3. The number of ether oxygens (including phenoxy) is 1. The van der Waals surface area contributed by atoms with Gasteiger partial charge in [0.2, 0.25) is 11.7 Å². The molecule has 10 nitrogen and oxygen atoms in total. The lowest BCUT2D eigenvalue weighted by atomic mass is 9.88. The van der Waals surface area contributed by atoms with Crippen molar-refractivity contribution in [2.24, 2.45) is 0 Å². The second kappa shape index (κ2) is 8.97. The molecule has 2 atom stereocenters. The van der Waals surface area contributed by atoms with Crippen LogP contribution in [-0.2, 0) is 25.5 Å². The molecule has 30 heavy (non-hydrogen) atoms. The lowest BCUT2D eigenvalue weighted by Gasteiger charge is -2.29. The Hall–Kier alpha value is -4.05. The number of aliphatic carboxylic acids is 2. The molecule has 0 unspecified atom stereocenters. The first-order chi connectivity index (χ1) is 14.0. The quantitative estimate of drug-likeness (QED) is 0.204. The number of benzene rings is 2. The number of aliphatic hydroxyl groups is 1. The molecule has 0 saturated heterocycles. The van der Waals surface area contributed by atoms with E-state index in [1.54, 1.807) is 0 Å². The average Bonchev–Trinajstić information content (AvgIpc) is 2.68. The highest BCUT2D eigenvalue weighted by Crippen LogP contribution is 2.29. The number of phenolic OH excluding ortho intramolecular Hbond substituents is 3. The van der Waals surface area contributed by atoms with Crippen molar-refractivity contribution in [3.8, 4) is 17.2 Å². The molecule has 0 aliphatic heterocycles. The van der Waals surface area contributed by atoms with Crippen LogP contribution < -0.4 is 0 Å². The molecule has 2 aromatic carbocycles. The maximum Gasteiger partial charge on any atom is 0.348 e. The van der Waals surface area contributed by atoms with E-state index in [4.69, 9.17) is 4.74 Å². The van der Waals surface area contributed by atoms with Crippen LogP contribution in [0.25, 0.3) is 6.08 Å². The smallest absolute Gasteiger partial charge is 0.348 e. The SMILES string of the molecule is O=C(C=Cc1ccc(O)cc1)O[C@H](C(=O)O)[C@](O)(Cc1ccc(O)c(O)c1)C(=O)O. The molecule has 0 aliphatic rings. The lowest BCUT2D eigenvalue weighted by molar-refractivity contribution is -0.192. The molecule has 0 saturated carbocycles. The van der Waals surface area contributed by atoms with Crippen molar-refractivity contribution >= 4 is 24.0 Å². The maximum absolute atomic E-state index is 12.0. The van der Waals surface area contributed by atoms with Gasteiger partial charge in [0.1, 0.15) is 5.75 Å². The summed E-state index contributed by atoms with van der Waals surface area (Å²) >= 11 is 0. The van der Waals surface area contributed by atoms with Crippen molar-refractivity contribution in [3.63, 3.8) is 0 Å². The number of carboxylic acid groups (broad SMARTS) is 2. The Bertz CT molecular complexity index is 980. The number of hydrogen-bond donors (Lipinski definition) is 6. The van der Waals surface area contributed by atoms with Gasteiger partial charge in [0.15, 0.2) is 11.5 Å². The zero-order valence-electron chi connectivity index (χ0n) is 15.3. The first kappa shape index (κ1) is 22.2. The van der Waals surface area contributed by atoms with Gasteiger partial charge in [-0.3, -0.25) is 0 Å². The van der Waals surface area contributed by atoms with Crippen LogP contribution in [0.2, 0.25) is 0 Å². The Morgan fingerprint density at radius 1 is 0.967 bits per heavy atom. The summed E-state index contributed by atoms with van der Waals surface area (Å²) in [6, 6.07) is 8.73. The van der Waals surface area contributed by atoms with E-state index in [-0.39, 0.29) is 11.3 Å². The summed E-state index contributed by atoms with van der Waals surface area (Å²) in [6.45, 7) is 0. The molecule has 0 spiro atoms. The average molecular weight is 418 g/mol. The van der Waals surface area contributed by atoms with Crippen LogP contribution in [0.3, 0.4) is 0 Å². The van der Waals surface area contributed by atoms with Gasteiger partial charge < -0.3 is 35.4 Å². The zero-order chi connectivity index (χ0) is 22.5. The monoisotopic (exact) mass is 418 g/mol. The number of carbonyl (C=O) groups is 3. The van der Waals surface area contributed by atoms with Gasteiger partial charge in [0, 0.05) is 12.5 Å². The highest BCUT2D eigenvalue weighted by Gasteiger charge is 2.51. The van der Waals surface area contributed by atoms with Gasteiger partial charge in [-0.05, 0) is 41.5 Å². The van der Waals surface area contributed by atoms with Crippen molar-refractivity contribution in [3.05, 3.63) is 59.7 Å². The molecule has 0 heterocycles. The molecule has 0 amide bonds. The van der Waals surface area contributed by atoms with Gasteiger partial charge in [-0.1, -0.05) is 18.2 Å². The van der Waals surface area contributed by atoms with Crippen molar-refractivity contribution in [2.75, 3.05) is 0 Å². The van der Waals surface area contributed by atoms with Crippen molar-refractivity contribution in [1.29, 1.82) is 0 Å². The molecule has 10 heteroatoms. The number of aromatic hydroxyl groups is 3. The Morgan fingerprint density at radius 3 is 2.13 bits per heavy atom. The van der Waals surface area contributed by atoms with E-state index >= 15 is 0 Å². The van der Waals surface area contributed by atoms with Gasteiger partial charge >= 0.3 is 17.9 Å². The van der Waals surface area contributed by atoms with Crippen LogP contribution in [0.5, 0.6) is 17.2 Å². The van der Waals surface area contributed by atoms with Crippen molar-refractivity contribution in [2.45, 2.75) is 18.1 Å². The summed E-state index contributed by atoms with van der Waals surface area (Å²) in [5, 5.41) is 57.4. The molecular weight excluding hydrogens is 400 g/mol. The third-order valence-electron chi connectivity index (χ3n) is 4.08. The number of rotatable bonds is 8. The topological polar surface area (TPSA) is 182 Å². The van der Waals surface area contributed by atoms with E-state index in [1.807, 2.05) is 0 Å². The molecular formula is C20H18O10. The van der Waals surface area contributed by atoms with Crippen LogP contribution in [0, 0.1) is 0 Å². The number of hydrogen-bond acceptors (Lipinski definition) is 8. The van der Waals surface area contributed by atoms with Gasteiger partial charge in [-0.15, -0.1) is 0 Å². The minimum atomic E-state index is -3.07. The Morgan fingerprint density at radius 2 is 1.60 bits per heavy atom. The molecule has 6 N–H and O–H groups in total. The highest BCUT2D eigenvalue weighted by molar-refractivity contribution is 5.93. The fraction of sp³-hybridized carbons (Fsp3) is 0.150. The Balaban J connectivity index is 2.25. The van der Waals surface area contributed by atoms with Crippen LogP contribution in [-0.4, -0.2) is 60.3 Å². The van der Waals surface area contributed by atoms with Crippen LogP contribution in [0.1, 0.15) is 11.1 Å². The normalized spacial score (nSPS) is 14.0. The summed E-state index contributed by atoms with van der Waals surface area (Å²) in [5.41, 5.74) is -2.64. The molecule has 0 radical (unpaired) electrons. The number of esters is 1. The number of phenols is 3. The standard InChI is InChI=1S/C20H18O10/c21-13-5-1-11(2-6-13)4-8-16(24)30-17(18(25)26)20(29,19(27)28)10-12-3-7-14(22)15(23)9-12/h1-9,17,21-23,29H,10H2,(H,25,26)(H,27,28)/t17-,20-/m1/s1. The molecule has 0 aromatic heterocycles. The van der Waals surface area contributed by atoms with E-state index in [2.05, 4.69) is 0 Å². The van der Waals surface area contributed by atoms with Crippen LogP contribution >= 0.6 is 0 Å². The van der Waals surface area contributed by atoms with Crippen LogP contribution in [0.4, 0.5) is 0 Å². The van der Waals surface area contributed by atoms with E-state index in [1.165, 1.54) is 30.3 Å². The molecule has 2 aromatic rings. The molecule has 0 fully saturated rings. The van der Waals surface area contributed by atoms with E-state index < -0.39 is 47.5 Å². The van der Waals surface area contributed by atoms with E-state index in [9.17, 15) is 45.0 Å². The van der Waals surface area contributed by atoms with Crippen molar-refractivity contribution < 1.29 is 49.8 Å². The minimum absolute atomic E-state index is 0.00698. The van der Waals surface area contributed by atoms with Gasteiger partial charge in [-0.25, -0.2) is 14.4 Å². The third kappa shape index (κ3) is 5.26. The number of carboxylic acids is 2.